The molecule has 76 valence electrons. The van der Waals surface area contributed by atoms with Crippen LogP contribution in [0.25, 0.3) is 0 Å². The first kappa shape index (κ1) is 10.8. The minimum Gasteiger partial charge on any atom is -0.368 e. The Bertz CT molecular complexity index is 324. The number of hydrogen-bond acceptors (Lipinski definition) is 4. The summed E-state index contributed by atoms with van der Waals surface area (Å²) in [5.74, 6) is 0.817. The van der Waals surface area contributed by atoms with Crippen LogP contribution in [0.2, 0.25) is 5.15 Å². The van der Waals surface area contributed by atoms with Crippen LogP contribution < -0.4 is 11.1 Å². The van der Waals surface area contributed by atoms with Gasteiger partial charge in [-0.25, -0.2) is 4.98 Å². The third kappa shape index (κ3) is 3.62. The third-order valence-electron chi connectivity index (χ3n) is 1.51. The lowest BCUT2D eigenvalue weighted by atomic mass is 10.3. The van der Waals surface area contributed by atoms with E-state index in [1.165, 1.54) is 5.57 Å². The van der Waals surface area contributed by atoms with Gasteiger partial charge in [0.2, 0.25) is 5.95 Å². The van der Waals surface area contributed by atoms with E-state index in [9.17, 15) is 0 Å². The van der Waals surface area contributed by atoms with Crippen LogP contribution in [-0.2, 0) is 0 Å². The van der Waals surface area contributed by atoms with E-state index in [1.54, 1.807) is 6.07 Å². The van der Waals surface area contributed by atoms with E-state index < -0.39 is 0 Å². The summed E-state index contributed by atoms with van der Waals surface area (Å²) in [5.41, 5.74) is 6.67. The predicted molar refractivity (Wildman–Crippen MR) is 59.4 cm³/mol. The maximum atomic E-state index is 5.71. The van der Waals surface area contributed by atoms with Gasteiger partial charge in [-0.15, -0.1) is 0 Å². The summed E-state index contributed by atoms with van der Waals surface area (Å²) in [4.78, 5) is 7.73. The lowest BCUT2D eigenvalue weighted by molar-refractivity contribution is 1.15. The minimum absolute atomic E-state index is 0.178. The number of nitrogen functional groups attached to an aromatic ring is 1. The first-order valence-electron chi connectivity index (χ1n) is 4.25. The first-order chi connectivity index (χ1) is 6.58. The zero-order valence-corrected chi connectivity index (χ0v) is 8.97. The van der Waals surface area contributed by atoms with Gasteiger partial charge in [0.05, 0.1) is 0 Å². The molecule has 1 heterocycles. The molecule has 1 aromatic rings. The Labute approximate surface area is 88.2 Å². The summed E-state index contributed by atoms with van der Waals surface area (Å²) in [5, 5.41) is 3.41. The monoisotopic (exact) mass is 212 g/mol. The third-order valence-corrected chi connectivity index (χ3v) is 1.70. The molecule has 0 bridgehead atoms. The molecule has 0 fully saturated rings. The number of nitrogens with one attached hydrogen (secondary N) is 1. The molecule has 1 aromatic heterocycles. The van der Waals surface area contributed by atoms with Gasteiger partial charge < -0.3 is 11.1 Å². The van der Waals surface area contributed by atoms with E-state index in [0.717, 1.165) is 0 Å². The summed E-state index contributed by atoms with van der Waals surface area (Å²) in [6, 6.07) is 1.64. The molecule has 0 aliphatic heterocycles. The molecule has 0 aromatic carbocycles. The molecule has 14 heavy (non-hydrogen) atoms. The summed E-state index contributed by atoms with van der Waals surface area (Å²) < 4.78 is 0. The SMILES string of the molecule is CC(C)=CCNc1cc(Cl)nc(N)n1. The molecule has 0 amide bonds. The number of allylic oxidation sites excluding steroid dienone is 1. The van der Waals surface area contributed by atoms with Crippen LogP contribution in [0.5, 0.6) is 0 Å². The smallest absolute Gasteiger partial charge is 0.223 e. The molecule has 0 unspecified atom stereocenters. The second-order valence-electron chi connectivity index (χ2n) is 3.10. The van der Waals surface area contributed by atoms with Gasteiger partial charge in [-0.1, -0.05) is 23.3 Å². The zero-order valence-electron chi connectivity index (χ0n) is 8.21. The highest BCUT2D eigenvalue weighted by Crippen LogP contribution is 2.11. The van der Waals surface area contributed by atoms with Gasteiger partial charge in [0.15, 0.2) is 0 Å². The molecule has 3 N–H and O–H groups in total. The molecule has 0 saturated carbocycles. The maximum absolute atomic E-state index is 5.71. The second kappa shape index (κ2) is 4.81. The highest BCUT2D eigenvalue weighted by atomic mass is 35.5. The van der Waals surface area contributed by atoms with Gasteiger partial charge in [-0.3, -0.25) is 0 Å². The van der Waals surface area contributed by atoms with Crippen molar-refractivity contribution in [3.63, 3.8) is 0 Å². The van der Waals surface area contributed by atoms with E-state index in [-0.39, 0.29) is 5.95 Å². The maximum Gasteiger partial charge on any atom is 0.223 e. The van der Waals surface area contributed by atoms with Crippen LogP contribution >= 0.6 is 11.6 Å². The van der Waals surface area contributed by atoms with Crippen LogP contribution in [0.15, 0.2) is 17.7 Å². The van der Waals surface area contributed by atoms with Gasteiger partial charge in [-0.05, 0) is 13.8 Å². The van der Waals surface area contributed by atoms with E-state index in [4.69, 9.17) is 17.3 Å². The van der Waals surface area contributed by atoms with Crippen molar-refractivity contribution < 1.29 is 0 Å². The van der Waals surface area contributed by atoms with E-state index in [1.807, 2.05) is 19.9 Å². The normalized spacial score (nSPS) is 9.64. The molecule has 0 saturated heterocycles. The fourth-order valence-corrected chi connectivity index (χ4v) is 1.08. The molecular weight excluding hydrogens is 200 g/mol. The van der Waals surface area contributed by atoms with Crippen molar-refractivity contribution in [3.8, 4) is 0 Å². The Morgan fingerprint density at radius 2 is 2.29 bits per heavy atom. The van der Waals surface area contributed by atoms with Gasteiger partial charge in [0.1, 0.15) is 11.0 Å². The Hall–Kier alpha value is -1.29. The topological polar surface area (TPSA) is 63.8 Å². The van der Waals surface area contributed by atoms with Crippen LogP contribution in [0.4, 0.5) is 11.8 Å². The van der Waals surface area contributed by atoms with Crippen molar-refractivity contribution in [2.75, 3.05) is 17.6 Å². The van der Waals surface area contributed by atoms with Gasteiger partial charge in [-0.2, -0.15) is 4.98 Å². The Morgan fingerprint density at radius 1 is 1.57 bits per heavy atom. The van der Waals surface area contributed by atoms with Crippen LogP contribution in [-0.4, -0.2) is 16.5 Å². The Kier molecular flexibility index (Phi) is 3.71. The number of nitrogens with two attached hydrogens (primary N) is 1. The lowest BCUT2D eigenvalue weighted by Crippen LogP contribution is -2.04. The first-order valence-corrected chi connectivity index (χ1v) is 4.63. The van der Waals surface area contributed by atoms with Crippen molar-refractivity contribution in [2.24, 2.45) is 0 Å². The Morgan fingerprint density at radius 3 is 2.86 bits per heavy atom. The quantitative estimate of drug-likeness (QED) is 0.595. The average Bonchev–Trinajstić information content (AvgIpc) is 2.01. The van der Waals surface area contributed by atoms with Crippen molar-refractivity contribution in [1.29, 1.82) is 0 Å². The number of hydrogen-bond donors (Lipinski definition) is 2. The van der Waals surface area contributed by atoms with Crippen LogP contribution in [0.1, 0.15) is 13.8 Å². The highest BCUT2D eigenvalue weighted by molar-refractivity contribution is 6.29. The molecule has 0 atom stereocenters. The van der Waals surface area contributed by atoms with E-state index in [0.29, 0.717) is 17.5 Å². The molecule has 0 spiro atoms. The number of nitrogens with zero attached hydrogens (tertiary/aromatic N) is 2. The number of aromatic nitrogens is 2. The van der Waals surface area contributed by atoms with Gasteiger partial charge in [0, 0.05) is 12.6 Å². The average molecular weight is 213 g/mol. The molecule has 0 radical (unpaired) electrons. The summed E-state index contributed by atoms with van der Waals surface area (Å²) in [7, 11) is 0. The molecule has 4 nitrogen and oxygen atoms in total. The predicted octanol–water partition coefficient (Wildman–Crippen LogP) is 2.09. The van der Waals surface area contributed by atoms with E-state index in [2.05, 4.69) is 15.3 Å². The molecule has 5 heteroatoms. The Balaban J connectivity index is 2.63. The fourth-order valence-electron chi connectivity index (χ4n) is 0.885. The molecular formula is C9H13ClN4. The highest BCUT2D eigenvalue weighted by Gasteiger charge is 1.98. The molecule has 1 rings (SSSR count). The summed E-state index contributed by atoms with van der Waals surface area (Å²) >= 11 is 5.71. The lowest BCUT2D eigenvalue weighted by Gasteiger charge is -2.03. The van der Waals surface area contributed by atoms with Crippen molar-refractivity contribution in [2.45, 2.75) is 13.8 Å². The standard InChI is InChI=1S/C9H13ClN4/c1-6(2)3-4-12-8-5-7(10)13-9(11)14-8/h3,5H,4H2,1-2H3,(H3,11,12,13,14). The van der Waals surface area contributed by atoms with Crippen LogP contribution in [0.3, 0.4) is 0 Å². The van der Waals surface area contributed by atoms with Crippen molar-refractivity contribution in [1.82, 2.24) is 9.97 Å². The number of rotatable bonds is 3. The summed E-state index contributed by atoms with van der Waals surface area (Å²) in [6.07, 6.45) is 2.05. The van der Waals surface area contributed by atoms with E-state index >= 15 is 0 Å². The van der Waals surface area contributed by atoms with Crippen molar-refractivity contribution in [3.05, 3.63) is 22.9 Å². The fraction of sp³-hybridized carbons (Fsp3) is 0.333. The van der Waals surface area contributed by atoms with Gasteiger partial charge >= 0.3 is 0 Å². The molecule has 0 aliphatic rings. The minimum atomic E-state index is 0.178. The van der Waals surface area contributed by atoms with Crippen molar-refractivity contribution >= 4 is 23.4 Å². The molecule has 0 aliphatic carbocycles. The van der Waals surface area contributed by atoms with Gasteiger partial charge in [0.25, 0.3) is 0 Å². The number of halogens is 1. The van der Waals surface area contributed by atoms with Crippen LogP contribution in [0, 0.1) is 0 Å². The second-order valence-corrected chi connectivity index (χ2v) is 3.48. The zero-order chi connectivity index (χ0) is 10.6. The largest absolute Gasteiger partial charge is 0.368 e. The number of anilines is 2. The summed E-state index contributed by atoms with van der Waals surface area (Å²) in [6.45, 7) is 4.76.